The van der Waals surface area contributed by atoms with Gasteiger partial charge in [0.25, 0.3) is 5.69 Å². The van der Waals surface area contributed by atoms with E-state index >= 15 is 0 Å². The van der Waals surface area contributed by atoms with E-state index in [1.54, 1.807) is 23.9 Å². The molecule has 1 heterocycles. The number of aliphatic imine (C=N–C) groups is 1. The Bertz CT molecular complexity index is 1460. The second-order valence-corrected chi connectivity index (χ2v) is 8.59. The third-order valence-electron chi connectivity index (χ3n) is 5.26. The molecule has 0 atom stereocenters. The monoisotopic (exact) mass is 449 g/mol. The Balaban J connectivity index is 1.31. The third-order valence-corrected chi connectivity index (χ3v) is 6.27. The van der Waals surface area contributed by atoms with Crippen molar-refractivity contribution >= 4 is 40.1 Å². The van der Waals surface area contributed by atoms with Crippen LogP contribution in [0.15, 0.2) is 124 Å². The topological polar surface area (TPSA) is 60.4 Å². The molecule has 1 aromatic heterocycles. The lowest BCUT2D eigenvalue weighted by atomic mass is 10.1. The Morgan fingerprint density at radius 1 is 0.788 bits per heavy atom. The highest BCUT2D eigenvalue weighted by Gasteiger charge is 2.05. The van der Waals surface area contributed by atoms with Gasteiger partial charge in [-0.05, 0) is 71.4 Å². The molecule has 0 amide bonds. The Kier molecular flexibility index (Phi) is 5.74. The second-order valence-electron chi connectivity index (χ2n) is 7.44. The normalized spacial score (nSPS) is 11.3. The van der Waals surface area contributed by atoms with Crippen molar-refractivity contribution < 1.29 is 4.92 Å². The number of aromatic nitrogens is 1. The SMILES string of the molecule is O=[N+]([O-])c1ccc(Sc2ccc(N=Cc3cccn3-c3ccc4ccccc4c3)cc2)cc1. The second kappa shape index (κ2) is 9.14. The summed E-state index contributed by atoms with van der Waals surface area (Å²) in [7, 11) is 0. The maximum atomic E-state index is 10.8. The van der Waals surface area contributed by atoms with Gasteiger partial charge in [-0.3, -0.25) is 15.1 Å². The van der Waals surface area contributed by atoms with Crippen LogP contribution >= 0.6 is 11.8 Å². The van der Waals surface area contributed by atoms with Gasteiger partial charge in [-0.1, -0.05) is 42.1 Å². The minimum absolute atomic E-state index is 0.0949. The van der Waals surface area contributed by atoms with Crippen molar-refractivity contribution in [3.8, 4) is 5.69 Å². The van der Waals surface area contributed by atoms with Crippen LogP contribution in [0.4, 0.5) is 11.4 Å². The molecule has 6 heteroatoms. The van der Waals surface area contributed by atoms with Crippen molar-refractivity contribution in [2.24, 2.45) is 4.99 Å². The summed E-state index contributed by atoms with van der Waals surface area (Å²) in [6, 6.07) is 33.3. The molecule has 4 aromatic carbocycles. The summed E-state index contributed by atoms with van der Waals surface area (Å²) in [5.74, 6) is 0. The minimum atomic E-state index is -0.391. The van der Waals surface area contributed by atoms with Crippen LogP contribution in [0.2, 0.25) is 0 Å². The zero-order valence-electron chi connectivity index (χ0n) is 17.5. The van der Waals surface area contributed by atoms with Crippen LogP contribution in [0.25, 0.3) is 16.5 Å². The molecule has 0 unspecified atom stereocenters. The number of nitro groups is 1. The molecule has 0 bridgehead atoms. The first-order valence-corrected chi connectivity index (χ1v) is 11.2. The molecule has 0 N–H and O–H groups in total. The first-order chi connectivity index (χ1) is 16.2. The van der Waals surface area contributed by atoms with Crippen molar-refractivity contribution in [1.82, 2.24) is 4.57 Å². The van der Waals surface area contributed by atoms with Gasteiger partial charge >= 0.3 is 0 Å². The van der Waals surface area contributed by atoms with E-state index in [1.807, 2.05) is 60.9 Å². The van der Waals surface area contributed by atoms with Gasteiger partial charge in [-0.15, -0.1) is 0 Å². The van der Waals surface area contributed by atoms with Gasteiger partial charge in [0, 0.05) is 33.8 Å². The summed E-state index contributed by atoms with van der Waals surface area (Å²) < 4.78 is 2.12. The van der Waals surface area contributed by atoms with Crippen LogP contribution < -0.4 is 0 Å². The van der Waals surface area contributed by atoms with E-state index < -0.39 is 4.92 Å². The minimum Gasteiger partial charge on any atom is -0.316 e. The lowest BCUT2D eigenvalue weighted by Crippen LogP contribution is -1.97. The number of nitrogens with zero attached hydrogens (tertiary/aromatic N) is 3. The summed E-state index contributed by atoms with van der Waals surface area (Å²) in [5, 5.41) is 13.2. The lowest BCUT2D eigenvalue weighted by Gasteiger charge is -2.08. The number of hydrogen-bond acceptors (Lipinski definition) is 4. The Morgan fingerprint density at radius 2 is 1.48 bits per heavy atom. The smallest absolute Gasteiger partial charge is 0.269 e. The van der Waals surface area contributed by atoms with Crippen LogP contribution in [0.5, 0.6) is 0 Å². The molecule has 160 valence electrons. The van der Waals surface area contributed by atoms with E-state index in [9.17, 15) is 10.1 Å². The highest BCUT2D eigenvalue weighted by atomic mass is 32.2. The van der Waals surface area contributed by atoms with Gasteiger partial charge in [0.15, 0.2) is 0 Å². The van der Waals surface area contributed by atoms with E-state index in [0.29, 0.717) is 0 Å². The standard InChI is InChI=1S/C27H19N3O2S/c31-30(32)23-11-15-27(16-12-23)33-26-13-8-22(9-14-26)28-19-25-6-3-17-29(25)24-10-7-20-4-1-2-5-21(20)18-24/h1-19H. The number of nitro benzene ring substituents is 1. The van der Waals surface area contributed by atoms with Gasteiger partial charge in [0.05, 0.1) is 22.5 Å². The van der Waals surface area contributed by atoms with E-state index in [2.05, 4.69) is 39.9 Å². The molecular formula is C27H19N3O2S. The van der Waals surface area contributed by atoms with E-state index in [0.717, 1.165) is 26.9 Å². The summed E-state index contributed by atoms with van der Waals surface area (Å²) in [6.45, 7) is 0. The number of fused-ring (bicyclic) bond motifs is 1. The van der Waals surface area contributed by atoms with Gasteiger partial charge in [-0.25, -0.2) is 0 Å². The number of non-ortho nitro benzene ring substituents is 1. The highest BCUT2D eigenvalue weighted by Crippen LogP contribution is 2.30. The quantitative estimate of drug-likeness (QED) is 0.154. The molecule has 33 heavy (non-hydrogen) atoms. The maximum Gasteiger partial charge on any atom is 0.269 e. The lowest BCUT2D eigenvalue weighted by molar-refractivity contribution is -0.384. The van der Waals surface area contributed by atoms with Crippen molar-refractivity contribution in [2.75, 3.05) is 0 Å². The predicted molar refractivity (Wildman–Crippen MR) is 134 cm³/mol. The Labute approximate surface area is 195 Å². The van der Waals surface area contributed by atoms with Gasteiger partial charge in [0.1, 0.15) is 0 Å². The van der Waals surface area contributed by atoms with Crippen molar-refractivity contribution in [3.63, 3.8) is 0 Å². The maximum absolute atomic E-state index is 10.8. The fraction of sp³-hybridized carbons (Fsp3) is 0. The number of rotatable bonds is 6. The average molecular weight is 450 g/mol. The molecule has 0 saturated heterocycles. The fourth-order valence-corrected chi connectivity index (χ4v) is 4.39. The van der Waals surface area contributed by atoms with E-state index in [1.165, 1.54) is 22.9 Å². The Morgan fingerprint density at radius 3 is 2.21 bits per heavy atom. The molecule has 0 radical (unpaired) electrons. The number of hydrogen-bond donors (Lipinski definition) is 0. The van der Waals surface area contributed by atoms with Crippen LogP contribution in [0.1, 0.15) is 5.69 Å². The van der Waals surface area contributed by atoms with E-state index in [4.69, 9.17) is 0 Å². The average Bonchev–Trinajstić information content (AvgIpc) is 3.32. The molecule has 0 saturated carbocycles. The molecule has 0 fully saturated rings. The summed E-state index contributed by atoms with van der Waals surface area (Å²) >= 11 is 1.55. The molecule has 5 nitrogen and oxygen atoms in total. The summed E-state index contributed by atoms with van der Waals surface area (Å²) in [5.41, 5.74) is 3.04. The van der Waals surface area contributed by atoms with Gasteiger partial charge in [0.2, 0.25) is 0 Å². The van der Waals surface area contributed by atoms with Gasteiger partial charge < -0.3 is 4.57 Å². The molecular weight excluding hydrogens is 430 g/mol. The van der Waals surface area contributed by atoms with Crippen LogP contribution in [-0.4, -0.2) is 15.7 Å². The van der Waals surface area contributed by atoms with Crippen molar-refractivity contribution in [3.05, 3.63) is 125 Å². The molecule has 0 spiro atoms. The summed E-state index contributed by atoms with van der Waals surface area (Å²) in [6.07, 6.45) is 3.91. The number of benzene rings is 4. The van der Waals surface area contributed by atoms with Gasteiger partial charge in [-0.2, -0.15) is 0 Å². The molecule has 0 aliphatic heterocycles. The van der Waals surface area contributed by atoms with E-state index in [-0.39, 0.29) is 5.69 Å². The van der Waals surface area contributed by atoms with Crippen LogP contribution in [-0.2, 0) is 0 Å². The molecule has 5 rings (SSSR count). The third kappa shape index (κ3) is 4.71. The largest absolute Gasteiger partial charge is 0.316 e. The highest BCUT2D eigenvalue weighted by molar-refractivity contribution is 7.99. The van der Waals surface area contributed by atoms with Crippen molar-refractivity contribution in [1.29, 1.82) is 0 Å². The predicted octanol–water partition coefficient (Wildman–Crippen LogP) is 7.44. The zero-order valence-corrected chi connectivity index (χ0v) is 18.4. The molecule has 0 aliphatic rings. The Hall–Kier alpha value is -4.16. The first-order valence-electron chi connectivity index (χ1n) is 10.4. The zero-order chi connectivity index (χ0) is 22.6. The molecule has 5 aromatic rings. The molecule has 0 aliphatic carbocycles. The fourth-order valence-electron chi connectivity index (χ4n) is 3.57. The first kappa shape index (κ1) is 20.7. The van der Waals surface area contributed by atoms with Crippen LogP contribution in [0.3, 0.4) is 0 Å². The summed E-state index contributed by atoms with van der Waals surface area (Å²) in [4.78, 5) is 17.0. The van der Waals surface area contributed by atoms with Crippen LogP contribution in [0, 0.1) is 10.1 Å². The van der Waals surface area contributed by atoms with Crippen molar-refractivity contribution in [2.45, 2.75) is 9.79 Å².